The SMILES string of the molecule is O=C([O-])c1ccccc1NC(=O)[C@@H]1[C@@H](C(=O)[O-])[C@H]2C=C[C@@H]1C2. The average molecular weight is 299 g/mol. The summed E-state index contributed by atoms with van der Waals surface area (Å²) in [5, 5.41) is 24.9. The van der Waals surface area contributed by atoms with Crippen molar-refractivity contribution in [2.75, 3.05) is 5.32 Å². The highest BCUT2D eigenvalue weighted by molar-refractivity contribution is 6.01. The Hall–Kier alpha value is -2.63. The van der Waals surface area contributed by atoms with Gasteiger partial charge in [-0.3, -0.25) is 4.79 Å². The molecule has 1 saturated carbocycles. The molecular weight excluding hydrogens is 286 g/mol. The predicted molar refractivity (Wildman–Crippen MR) is 72.1 cm³/mol. The van der Waals surface area contributed by atoms with Gasteiger partial charge in [0.1, 0.15) is 0 Å². The van der Waals surface area contributed by atoms with E-state index in [-0.39, 0.29) is 23.1 Å². The van der Waals surface area contributed by atoms with E-state index < -0.39 is 29.7 Å². The Morgan fingerprint density at radius 2 is 1.64 bits per heavy atom. The number of carboxylic acid groups (broad SMARTS) is 2. The van der Waals surface area contributed by atoms with Crippen molar-refractivity contribution in [3.63, 3.8) is 0 Å². The van der Waals surface area contributed by atoms with Crippen molar-refractivity contribution in [3.8, 4) is 0 Å². The first-order valence-electron chi connectivity index (χ1n) is 6.99. The van der Waals surface area contributed by atoms with E-state index in [1.165, 1.54) is 18.2 Å². The topological polar surface area (TPSA) is 109 Å². The number of carboxylic acids is 2. The number of aromatic carboxylic acids is 1. The van der Waals surface area contributed by atoms with Crippen molar-refractivity contribution < 1.29 is 24.6 Å². The number of fused-ring (bicyclic) bond motifs is 2. The van der Waals surface area contributed by atoms with Crippen LogP contribution >= 0.6 is 0 Å². The summed E-state index contributed by atoms with van der Waals surface area (Å²) >= 11 is 0. The number of allylic oxidation sites excluding steroid dienone is 2. The molecule has 0 saturated heterocycles. The lowest BCUT2D eigenvalue weighted by atomic mass is 9.82. The molecule has 1 N–H and O–H groups in total. The number of anilines is 1. The van der Waals surface area contributed by atoms with Crippen LogP contribution in [0.3, 0.4) is 0 Å². The van der Waals surface area contributed by atoms with Gasteiger partial charge in [-0.1, -0.05) is 30.4 Å². The number of para-hydroxylation sites is 1. The fourth-order valence-electron chi connectivity index (χ4n) is 3.49. The van der Waals surface area contributed by atoms with E-state index in [0.717, 1.165) is 0 Å². The lowest BCUT2D eigenvalue weighted by Crippen LogP contribution is -2.43. The normalized spacial score (nSPS) is 28.5. The molecule has 6 nitrogen and oxygen atoms in total. The summed E-state index contributed by atoms with van der Waals surface area (Å²) in [6.07, 6.45) is 4.27. The number of hydrogen-bond donors (Lipinski definition) is 1. The second kappa shape index (κ2) is 5.29. The van der Waals surface area contributed by atoms with Gasteiger partial charge in [0, 0.05) is 23.1 Å². The molecule has 2 aliphatic rings. The number of amides is 1. The minimum absolute atomic E-state index is 0.108. The first-order valence-corrected chi connectivity index (χ1v) is 6.99. The molecule has 0 unspecified atom stereocenters. The molecule has 0 spiro atoms. The smallest absolute Gasteiger partial charge is 0.228 e. The van der Waals surface area contributed by atoms with Crippen LogP contribution in [0.15, 0.2) is 36.4 Å². The van der Waals surface area contributed by atoms with Crippen molar-refractivity contribution in [2.45, 2.75) is 6.42 Å². The van der Waals surface area contributed by atoms with E-state index in [1.54, 1.807) is 6.07 Å². The van der Waals surface area contributed by atoms with Gasteiger partial charge in [-0.25, -0.2) is 0 Å². The molecule has 2 aliphatic carbocycles. The number of carbonyl (C=O) groups is 3. The molecule has 1 aromatic carbocycles. The van der Waals surface area contributed by atoms with Crippen molar-refractivity contribution >= 4 is 23.5 Å². The summed E-state index contributed by atoms with van der Waals surface area (Å²) in [5.41, 5.74) is -0.0316. The maximum absolute atomic E-state index is 12.4. The van der Waals surface area contributed by atoms with Crippen LogP contribution in [0.5, 0.6) is 0 Å². The molecule has 2 bridgehead atoms. The van der Waals surface area contributed by atoms with Gasteiger partial charge in [0.05, 0.1) is 11.9 Å². The highest BCUT2D eigenvalue weighted by Gasteiger charge is 2.48. The summed E-state index contributed by atoms with van der Waals surface area (Å²) in [7, 11) is 0. The fourth-order valence-corrected chi connectivity index (χ4v) is 3.49. The van der Waals surface area contributed by atoms with Gasteiger partial charge in [-0.15, -0.1) is 0 Å². The Morgan fingerprint density at radius 1 is 1.00 bits per heavy atom. The van der Waals surface area contributed by atoms with Crippen LogP contribution in [0.1, 0.15) is 16.8 Å². The highest BCUT2D eigenvalue weighted by atomic mass is 16.4. The van der Waals surface area contributed by atoms with Gasteiger partial charge in [-0.05, 0) is 24.3 Å². The molecule has 4 atom stereocenters. The molecule has 1 fully saturated rings. The average Bonchev–Trinajstić information content (AvgIpc) is 3.08. The number of benzene rings is 1. The van der Waals surface area contributed by atoms with Crippen molar-refractivity contribution in [2.24, 2.45) is 23.7 Å². The lowest BCUT2D eigenvalue weighted by Gasteiger charge is -2.28. The van der Waals surface area contributed by atoms with E-state index in [9.17, 15) is 24.6 Å². The second-order valence-corrected chi connectivity index (χ2v) is 5.64. The molecule has 0 aliphatic heterocycles. The third kappa shape index (κ3) is 2.26. The highest BCUT2D eigenvalue weighted by Crippen LogP contribution is 2.48. The standard InChI is InChI=1S/C16H15NO5/c18-14(17-11-4-2-1-3-10(11)15(19)20)12-8-5-6-9(7-8)13(12)16(21)22/h1-6,8-9,12-13H,7H2,(H,17,18)(H,19,20)(H,21,22)/p-2/t8-,9+,12+,13+/m1/s1. The summed E-state index contributed by atoms with van der Waals surface area (Å²) in [4.78, 5) is 34.8. The molecule has 1 aromatic rings. The van der Waals surface area contributed by atoms with Gasteiger partial charge in [0.2, 0.25) is 5.91 Å². The van der Waals surface area contributed by atoms with E-state index in [0.29, 0.717) is 6.42 Å². The molecule has 3 rings (SSSR count). The Bertz CT molecular complexity index is 681. The van der Waals surface area contributed by atoms with Crippen molar-refractivity contribution in [1.29, 1.82) is 0 Å². The zero-order valence-corrected chi connectivity index (χ0v) is 11.5. The first-order chi connectivity index (χ1) is 10.5. The lowest BCUT2D eigenvalue weighted by molar-refractivity contribution is -0.313. The van der Waals surface area contributed by atoms with Crippen molar-refractivity contribution in [1.82, 2.24) is 0 Å². The van der Waals surface area contributed by atoms with Gasteiger partial charge in [0.25, 0.3) is 0 Å². The molecule has 0 heterocycles. The minimum Gasteiger partial charge on any atom is -0.550 e. The first kappa shape index (κ1) is 14.3. The maximum atomic E-state index is 12.4. The third-order valence-electron chi connectivity index (χ3n) is 4.44. The maximum Gasteiger partial charge on any atom is 0.228 e. The van der Waals surface area contributed by atoms with Crippen LogP contribution in [0.2, 0.25) is 0 Å². The van der Waals surface area contributed by atoms with E-state index in [4.69, 9.17) is 0 Å². The number of carbonyl (C=O) groups excluding carboxylic acids is 3. The van der Waals surface area contributed by atoms with Gasteiger partial charge in [-0.2, -0.15) is 0 Å². The Kier molecular flexibility index (Phi) is 3.44. The molecule has 0 aromatic heterocycles. The largest absolute Gasteiger partial charge is 0.550 e. The van der Waals surface area contributed by atoms with Crippen LogP contribution in [0.25, 0.3) is 0 Å². The van der Waals surface area contributed by atoms with Crippen LogP contribution in [0, 0.1) is 23.7 Å². The van der Waals surface area contributed by atoms with E-state index in [2.05, 4.69) is 5.32 Å². The molecular formula is C16H13NO5-2. The van der Waals surface area contributed by atoms with Crippen LogP contribution in [-0.2, 0) is 9.59 Å². The van der Waals surface area contributed by atoms with Crippen LogP contribution < -0.4 is 15.5 Å². The molecule has 22 heavy (non-hydrogen) atoms. The Balaban J connectivity index is 1.85. The van der Waals surface area contributed by atoms with Gasteiger partial charge < -0.3 is 25.1 Å². The predicted octanol–water partition coefficient (Wildman–Crippen LogP) is -0.823. The van der Waals surface area contributed by atoms with Crippen LogP contribution in [0.4, 0.5) is 5.69 Å². The second-order valence-electron chi connectivity index (χ2n) is 5.64. The number of rotatable bonds is 4. The molecule has 114 valence electrons. The van der Waals surface area contributed by atoms with Gasteiger partial charge in [0.15, 0.2) is 0 Å². The Labute approximate surface area is 126 Å². The molecule has 1 amide bonds. The number of aliphatic carboxylic acids is 1. The summed E-state index contributed by atoms with van der Waals surface area (Å²) in [6, 6.07) is 5.87. The van der Waals surface area contributed by atoms with E-state index in [1.807, 2.05) is 12.2 Å². The fraction of sp³-hybridized carbons (Fsp3) is 0.312. The molecule has 0 radical (unpaired) electrons. The number of hydrogen-bond acceptors (Lipinski definition) is 5. The Morgan fingerprint density at radius 3 is 2.27 bits per heavy atom. The number of nitrogens with one attached hydrogen (secondary N) is 1. The van der Waals surface area contributed by atoms with Crippen LogP contribution in [-0.4, -0.2) is 17.8 Å². The van der Waals surface area contributed by atoms with E-state index >= 15 is 0 Å². The monoisotopic (exact) mass is 299 g/mol. The summed E-state index contributed by atoms with van der Waals surface area (Å²) in [6.45, 7) is 0. The van der Waals surface area contributed by atoms with Gasteiger partial charge >= 0.3 is 0 Å². The summed E-state index contributed by atoms with van der Waals surface area (Å²) < 4.78 is 0. The molecule has 6 heteroatoms. The quantitative estimate of drug-likeness (QED) is 0.730. The van der Waals surface area contributed by atoms with Crippen molar-refractivity contribution in [3.05, 3.63) is 42.0 Å². The minimum atomic E-state index is -1.40. The zero-order valence-electron chi connectivity index (χ0n) is 11.5. The third-order valence-corrected chi connectivity index (χ3v) is 4.44. The zero-order chi connectivity index (χ0) is 15.9. The summed E-state index contributed by atoms with van der Waals surface area (Å²) in [5.74, 6) is -5.10.